The third-order valence-electron chi connectivity index (χ3n) is 6.21. The van der Waals surface area contributed by atoms with Gasteiger partial charge in [0.05, 0.1) is 19.9 Å². The van der Waals surface area contributed by atoms with E-state index < -0.39 is 0 Å². The van der Waals surface area contributed by atoms with E-state index in [9.17, 15) is 0 Å². The van der Waals surface area contributed by atoms with E-state index >= 15 is 0 Å². The third-order valence-corrected chi connectivity index (χ3v) is 6.21. The first-order valence-electron chi connectivity index (χ1n) is 11.2. The standard InChI is InChI=1S/C25H29N3O5/c1-15-19(20-6-4-5-7-21(20)27-15)8-9-26-13-17-12-18(33-28-17)10-16-11-22(29-2)24-25(23(16)30-3)32-14-31-24/h4-7,11,18,26-27H,8-10,12-14H2,1-3H3/t18-/m1/s1. The molecule has 33 heavy (non-hydrogen) atoms. The number of rotatable bonds is 9. The van der Waals surface area contributed by atoms with Crippen LogP contribution in [0.15, 0.2) is 35.5 Å². The number of para-hydroxylation sites is 1. The van der Waals surface area contributed by atoms with Crippen molar-refractivity contribution in [3.63, 3.8) is 0 Å². The number of aryl methyl sites for hydroxylation is 1. The van der Waals surface area contributed by atoms with Gasteiger partial charge < -0.3 is 34.1 Å². The lowest BCUT2D eigenvalue weighted by Crippen LogP contribution is -2.25. The number of methoxy groups -OCH3 is 2. The first-order valence-corrected chi connectivity index (χ1v) is 11.2. The molecule has 0 radical (unpaired) electrons. The van der Waals surface area contributed by atoms with Crippen molar-refractivity contribution in [2.45, 2.75) is 32.3 Å². The van der Waals surface area contributed by atoms with E-state index in [1.807, 2.05) is 6.07 Å². The van der Waals surface area contributed by atoms with Gasteiger partial charge in [-0.1, -0.05) is 23.4 Å². The molecule has 1 aromatic heterocycles. The first-order chi connectivity index (χ1) is 16.2. The van der Waals surface area contributed by atoms with Crippen LogP contribution in [0.3, 0.4) is 0 Å². The summed E-state index contributed by atoms with van der Waals surface area (Å²) in [6, 6.07) is 10.4. The molecular weight excluding hydrogens is 422 g/mol. The lowest BCUT2D eigenvalue weighted by atomic mass is 10.0. The Labute approximate surface area is 192 Å². The molecule has 0 unspecified atom stereocenters. The highest BCUT2D eigenvalue weighted by Crippen LogP contribution is 2.50. The molecule has 0 spiro atoms. The van der Waals surface area contributed by atoms with Gasteiger partial charge in [0.2, 0.25) is 18.3 Å². The number of nitrogens with zero attached hydrogens (tertiary/aromatic N) is 1. The molecule has 1 atom stereocenters. The number of H-pyrrole nitrogens is 1. The lowest BCUT2D eigenvalue weighted by molar-refractivity contribution is 0.0853. The van der Waals surface area contributed by atoms with Crippen molar-refractivity contribution in [3.8, 4) is 23.0 Å². The molecule has 2 aliphatic heterocycles. The Morgan fingerprint density at radius 1 is 1.15 bits per heavy atom. The Morgan fingerprint density at radius 3 is 2.85 bits per heavy atom. The molecule has 0 saturated heterocycles. The number of hydrogen-bond acceptors (Lipinski definition) is 7. The van der Waals surface area contributed by atoms with Gasteiger partial charge in [-0.3, -0.25) is 0 Å². The van der Waals surface area contributed by atoms with Gasteiger partial charge in [0, 0.05) is 41.5 Å². The van der Waals surface area contributed by atoms with Gasteiger partial charge in [0.15, 0.2) is 11.5 Å². The minimum absolute atomic E-state index is 0.0587. The summed E-state index contributed by atoms with van der Waals surface area (Å²) < 4.78 is 22.2. The van der Waals surface area contributed by atoms with Crippen LogP contribution in [0.1, 0.15) is 23.2 Å². The number of oxime groups is 1. The number of hydrogen-bond donors (Lipinski definition) is 2. The SMILES string of the molecule is COc1cc(C[C@@H]2CC(CNCCc3c(C)[nH]c4ccccc34)=NO2)c(OC)c2c1OCO2. The van der Waals surface area contributed by atoms with E-state index in [1.165, 1.54) is 22.2 Å². The van der Waals surface area contributed by atoms with Crippen molar-refractivity contribution >= 4 is 16.6 Å². The van der Waals surface area contributed by atoms with Crippen LogP contribution in [0, 0.1) is 6.92 Å². The monoisotopic (exact) mass is 451 g/mol. The number of aromatic nitrogens is 1. The average molecular weight is 452 g/mol. The molecule has 2 aliphatic rings. The molecule has 8 heteroatoms. The Bertz CT molecular complexity index is 1190. The second-order valence-corrected chi connectivity index (χ2v) is 8.33. The van der Waals surface area contributed by atoms with Gasteiger partial charge >= 0.3 is 0 Å². The largest absolute Gasteiger partial charge is 0.493 e. The van der Waals surface area contributed by atoms with Gasteiger partial charge in [-0.05, 0) is 37.6 Å². The van der Waals surface area contributed by atoms with Gasteiger partial charge in [0.1, 0.15) is 6.10 Å². The summed E-state index contributed by atoms with van der Waals surface area (Å²) in [5.74, 6) is 2.46. The summed E-state index contributed by atoms with van der Waals surface area (Å²) in [7, 11) is 3.24. The highest BCUT2D eigenvalue weighted by molar-refractivity contribution is 5.87. The zero-order valence-corrected chi connectivity index (χ0v) is 19.2. The van der Waals surface area contributed by atoms with E-state index in [0.29, 0.717) is 36.0 Å². The van der Waals surface area contributed by atoms with Crippen LogP contribution in [-0.2, 0) is 17.7 Å². The number of nitrogens with one attached hydrogen (secondary N) is 2. The number of ether oxygens (including phenoxy) is 4. The molecule has 0 bridgehead atoms. The van der Waals surface area contributed by atoms with Crippen molar-refractivity contribution in [2.24, 2.45) is 5.16 Å². The fraction of sp³-hybridized carbons (Fsp3) is 0.400. The average Bonchev–Trinajstić information content (AvgIpc) is 3.55. The van der Waals surface area contributed by atoms with E-state index in [2.05, 4.69) is 46.6 Å². The fourth-order valence-electron chi connectivity index (χ4n) is 4.64. The Kier molecular flexibility index (Phi) is 6.00. The second-order valence-electron chi connectivity index (χ2n) is 8.33. The molecule has 0 saturated carbocycles. The molecule has 0 aliphatic carbocycles. The van der Waals surface area contributed by atoms with Crippen molar-refractivity contribution < 1.29 is 23.8 Å². The summed E-state index contributed by atoms with van der Waals surface area (Å²) in [4.78, 5) is 9.18. The Balaban J connectivity index is 1.15. The van der Waals surface area contributed by atoms with Crippen LogP contribution in [0.4, 0.5) is 0 Å². The molecule has 3 heterocycles. The van der Waals surface area contributed by atoms with Crippen molar-refractivity contribution in [1.82, 2.24) is 10.3 Å². The van der Waals surface area contributed by atoms with Crippen LogP contribution in [0.5, 0.6) is 23.0 Å². The van der Waals surface area contributed by atoms with Crippen molar-refractivity contribution in [1.29, 1.82) is 0 Å². The minimum Gasteiger partial charge on any atom is -0.493 e. The van der Waals surface area contributed by atoms with Crippen molar-refractivity contribution in [2.75, 3.05) is 34.1 Å². The van der Waals surface area contributed by atoms with E-state index in [4.69, 9.17) is 23.8 Å². The van der Waals surface area contributed by atoms with Crippen LogP contribution < -0.4 is 24.3 Å². The minimum atomic E-state index is -0.0587. The van der Waals surface area contributed by atoms with Gasteiger partial charge in [-0.2, -0.15) is 0 Å². The normalized spacial score (nSPS) is 16.7. The number of aromatic amines is 1. The molecule has 0 amide bonds. The fourth-order valence-corrected chi connectivity index (χ4v) is 4.64. The zero-order valence-electron chi connectivity index (χ0n) is 19.2. The lowest BCUT2D eigenvalue weighted by Gasteiger charge is -2.15. The highest BCUT2D eigenvalue weighted by atomic mass is 16.7. The smallest absolute Gasteiger partial charge is 0.231 e. The van der Waals surface area contributed by atoms with Crippen LogP contribution >= 0.6 is 0 Å². The van der Waals surface area contributed by atoms with Crippen LogP contribution in [0.2, 0.25) is 0 Å². The Morgan fingerprint density at radius 2 is 2.00 bits per heavy atom. The molecule has 8 nitrogen and oxygen atoms in total. The summed E-state index contributed by atoms with van der Waals surface area (Å²) in [6.45, 7) is 3.87. The van der Waals surface area contributed by atoms with Crippen LogP contribution in [-0.4, -0.2) is 50.9 Å². The topological polar surface area (TPSA) is 86.3 Å². The maximum atomic E-state index is 5.72. The molecule has 174 valence electrons. The van der Waals surface area contributed by atoms with Crippen LogP contribution in [0.25, 0.3) is 10.9 Å². The molecule has 2 N–H and O–H groups in total. The molecule has 5 rings (SSSR count). The summed E-state index contributed by atoms with van der Waals surface area (Å²) in [5.41, 5.74) is 5.75. The maximum Gasteiger partial charge on any atom is 0.231 e. The highest BCUT2D eigenvalue weighted by Gasteiger charge is 2.30. The summed E-state index contributed by atoms with van der Waals surface area (Å²) in [5, 5.41) is 9.11. The molecule has 3 aromatic rings. The quantitative estimate of drug-likeness (QED) is 0.482. The first kappa shape index (κ1) is 21.5. The van der Waals surface area contributed by atoms with Gasteiger partial charge in [-0.15, -0.1) is 0 Å². The number of fused-ring (bicyclic) bond motifs is 2. The van der Waals surface area contributed by atoms with Crippen molar-refractivity contribution in [3.05, 3.63) is 47.2 Å². The maximum absolute atomic E-state index is 5.72. The molecule has 2 aromatic carbocycles. The van der Waals surface area contributed by atoms with Gasteiger partial charge in [0.25, 0.3) is 0 Å². The van der Waals surface area contributed by atoms with E-state index in [-0.39, 0.29) is 12.9 Å². The zero-order chi connectivity index (χ0) is 22.8. The molecule has 0 fully saturated rings. The summed E-state index contributed by atoms with van der Waals surface area (Å²) >= 11 is 0. The number of benzene rings is 2. The second kappa shape index (κ2) is 9.23. The predicted octanol–water partition coefficient (Wildman–Crippen LogP) is 3.74. The van der Waals surface area contributed by atoms with Gasteiger partial charge in [-0.25, -0.2) is 0 Å². The Hall–Kier alpha value is -3.39. The summed E-state index contributed by atoms with van der Waals surface area (Å²) in [6.07, 6.45) is 2.30. The predicted molar refractivity (Wildman–Crippen MR) is 126 cm³/mol. The third kappa shape index (κ3) is 4.18. The molecular formula is C25H29N3O5. The van der Waals surface area contributed by atoms with E-state index in [1.54, 1.807) is 14.2 Å². The van der Waals surface area contributed by atoms with E-state index in [0.717, 1.165) is 30.7 Å².